The summed E-state index contributed by atoms with van der Waals surface area (Å²) in [6.45, 7) is 1.95. The average Bonchev–Trinajstić information content (AvgIpc) is 2.76. The molecule has 1 aromatic carbocycles. The minimum absolute atomic E-state index is 0.576. The van der Waals surface area contributed by atoms with Gasteiger partial charge in [0.05, 0.1) is 12.0 Å². The van der Waals surface area contributed by atoms with Crippen molar-refractivity contribution in [3.05, 3.63) is 51.3 Å². The number of hydrogen-bond acceptors (Lipinski definition) is 4. The van der Waals surface area contributed by atoms with Gasteiger partial charge in [0, 0.05) is 28.7 Å². The van der Waals surface area contributed by atoms with E-state index in [9.17, 15) is 14.9 Å². The summed E-state index contributed by atoms with van der Waals surface area (Å²) in [5.41, 5.74) is 1.92. The molecule has 0 saturated heterocycles. The van der Waals surface area contributed by atoms with Crippen LogP contribution in [0.2, 0.25) is 0 Å². The Morgan fingerprint density at radius 3 is 2.84 bits per heavy atom. The third-order valence-electron chi connectivity index (χ3n) is 2.75. The predicted octanol–water partition coefficient (Wildman–Crippen LogP) is 2.27. The van der Waals surface area contributed by atoms with Gasteiger partial charge >= 0.3 is 11.7 Å². The first-order valence-corrected chi connectivity index (χ1v) is 5.55. The lowest BCUT2D eigenvalue weighted by molar-refractivity contribution is -0.419. The van der Waals surface area contributed by atoms with E-state index in [0.717, 1.165) is 23.6 Å². The van der Waals surface area contributed by atoms with Gasteiger partial charge in [-0.15, -0.1) is 0 Å². The van der Waals surface area contributed by atoms with E-state index in [1.807, 2.05) is 25.1 Å². The molecule has 0 aliphatic heterocycles. The van der Waals surface area contributed by atoms with Gasteiger partial charge in [-0.2, -0.15) is 0 Å². The molecule has 0 unspecified atom stereocenters. The Morgan fingerprint density at radius 1 is 1.47 bits per heavy atom. The molecule has 0 fully saturated rings. The average molecular weight is 260 g/mol. The van der Waals surface area contributed by atoms with Gasteiger partial charge in [0.25, 0.3) is 0 Å². The molecular formula is C13H12N2O4. The number of aryl methyl sites for hydroxylation is 1. The van der Waals surface area contributed by atoms with E-state index in [2.05, 4.69) is 9.72 Å². The second kappa shape index (κ2) is 4.93. The fraction of sp³-hybridized carbons (Fsp3) is 0.154. The van der Waals surface area contributed by atoms with Crippen molar-refractivity contribution in [1.82, 2.24) is 4.98 Å². The van der Waals surface area contributed by atoms with Crippen molar-refractivity contribution >= 4 is 22.9 Å². The molecule has 98 valence electrons. The van der Waals surface area contributed by atoms with E-state index in [0.29, 0.717) is 5.56 Å². The Hall–Kier alpha value is -2.63. The lowest BCUT2D eigenvalue weighted by atomic mass is 10.1. The highest BCUT2D eigenvalue weighted by atomic mass is 16.6. The Balaban J connectivity index is 2.55. The van der Waals surface area contributed by atoms with Crippen molar-refractivity contribution in [2.45, 2.75) is 6.92 Å². The highest BCUT2D eigenvalue weighted by Crippen LogP contribution is 2.22. The number of nitrogens with zero attached hydrogens (tertiary/aromatic N) is 1. The number of hydrogen-bond donors (Lipinski definition) is 1. The Bertz CT molecular complexity index is 685. The van der Waals surface area contributed by atoms with Crippen LogP contribution in [0.25, 0.3) is 17.0 Å². The molecule has 0 aliphatic rings. The van der Waals surface area contributed by atoms with Crippen LogP contribution in [0.15, 0.2) is 30.1 Å². The van der Waals surface area contributed by atoms with Crippen LogP contribution in [-0.2, 0) is 9.53 Å². The fourth-order valence-corrected chi connectivity index (χ4v) is 1.82. The lowest BCUT2D eigenvalue weighted by Gasteiger charge is -1.97. The third kappa shape index (κ3) is 2.47. The zero-order valence-electron chi connectivity index (χ0n) is 10.5. The molecular weight excluding hydrogens is 248 g/mol. The minimum Gasteiger partial charge on any atom is -0.461 e. The van der Waals surface area contributed by atoms with Crippen LogP contribution >= 0.6 is 0 Å². The molecule has 6 nitrogen and oxygen atoms in total. The van der Waals surface area contributed by atoms with Crippen LogP contribution in [0.1, 0.15) is 11.1 Å². The van der Waals surface area contributed by atoms with E-state index in [1.165, 1.54) is 6.08 Å². The molecule has 6 heteroatoms. The van der Waals surface area contributed by atoms with Crippen LogP contribution in [0.5, 0.6) is 0 Å². The Labute approximate surface area is 108 Å². The molecule has 1 heterocycles. The zero-order chi connectivity index (χ0) is 14.0. The minimum atomic E-state index is -0.966. The number of esters is 1. The van der Waals surface area contributed by atoms with Gasteiger partial charge in [-0.05, 0) is 18.6 Å². The number of rotatable bonds is 3. The predicted molar refractivity (Wildman–Crippen MR) is 70.0 cm³/mol. The summed E-state index contributed by atoms with van der Waals surface area (Å²) in [5, 5.41) is 11.7. The maximum atomic E-state index is 11.3. The summed E-state index contributed by atoms with van der Waals surface area (Å²) in [6.07, 6.45) is 2.83. The highest BCUT2D eigenvalue weighted by Gasteiger charge is 2.23. The van der Waals surface area contributed by atoms with Crippen LogP contribution in [-0.4, -0.2) is 23.0 Å². The molecule has 0 spiro atoms. The molecule has 0 atom stereocenters. The maximum absolute atomic E-state index is 11.3. The second-order valence-corrected chi connectivity index (χ2v) is 4.07. The van der Waals surface area contributed by atoms with Crippen molar-refractivity contribution in [1.29, 1.82) is 0 Å². The molecule has 0 bridgehead atoms. The number of benzene rings is 1. The third-order valence-corrected chi connectivity index (χ3v) is 2.75. The number of aromatic amines is 1. The summed E-state index contributed by atoms with van der Waals surface area (Å²) in [7, 11) is 1.11. The molecule has 2 rings (SSSR count). The number of aromatic nitrogens is 1. The molecule has 1 N–H and O–H groups in total. The summed E-state index contributed by atoms with van der Waals surface area (Å²) < 4.78 is 4.39. The second-order valence-electron chi connectivity index (χ2n) is 4.07. The molecule has 0 radical (unpaired) electrons. The first kappa shape index (κ1) is 12.8. The summed E-state index contributed by atoms with van der Waals surface area (Å²) in [5.74, 6) is -0.966. The van der Waals surface area contributed by atoms with Crippen molar-refractivity contribution in [3.63, 3.8) is 0 Å². The van der Waals surface area contributed by atoms with Crippen molar-refractivity contribution in [2.75, 3.05) is 7.11 Å². The molecule has 1 aromatic heterocycles. The first-order chi connectivity index (χ1) is 9.02. The monoisotopic (exact) mass is 260 g/mol. The molecule has 0 aliphatic carbocycles. The van der Waals surface area contributed by atoms with Crippen LogP contribution in [0.3, 0.4) is 0 Å². The van der Waals surface area contributed by atoms with E-state index in [1.54, 1.807) is 6.20 Å². The maximum Gasteiger partial charge on any atom is 0.409 e. The van der Waals surface area contributed by atoms with Crippen molar-refractivity contribution in [3.8, 4) is 0 Å². The van der Waals surface area contributed by atoms with Gasteiger partial charge in [-0.3, -0.25) is 10.1 Å². The topological polar surface area (TPSA) is 85.2 Å². The van der Waals surface area contributed by atoms with Crippen LogP contribution in [0.4, 0.5) is 0 Å². The molecule has 0 amide bonds. The van der Waals surface area contributed by atoms with E-state index >= 15 is 0 Å². The number of ether oxygens (including phenoxy) is 1. The number of methoxy groups -OCH3 is 1. The van der Waals surface area contributed by atoms with Crippen molar-refractivity contribution in [2.24, 2.45) is 0 Å². The van der Waals surface area contributed by atoms with E-state index in [4.69, 9.17) is 0 Å². The SMILES string of the molecule is COC(=O)C(=Cc1c[nH]c2cc(C)ccc12)[N+](=O)[O-]. The number of fused-ring (bicyclic) bond motifs is 1. The lowest BCUT2D eigenvalue weighted by Crippen LogP contribution is -2.12. The van der Waals surface area contributed by atoms with Crippen molar-refractivity contribution < 1.29 is 14.5 Å². The highest BCUT2D eigenvalue weighted by molar-refractivity contribution is 5.96. The van der Waals surface area contributed by atoms with E-state index in [-0.39, 0.29) is 0 Å². The smallest absolute Gasteiger partial charge is 0.409 e. The van der Waals surface area contributed by atoms with E-state index < -0.39 is 16.6 Å². The summed E-state index contributed by atoms with van der Waals surface area (Å²) in [6, 6.07) is 5.68. The molecule has 19 heavy (non-hydrogen) atoms. The normalized spacial score (nSPS) is 11.6. The number of carbonyl (C=O) groups excluding carboxylic acids is 1. The molecule has 0 saturated carbocycles. The van der Waals surface area contributed by atoms with Gasteiger partial charge in [0.2, 0.25) is 0 Å². The zero-order valence-corrected chi connectivity index (χ0v) is 10.5. The van der Waals surface area contributed by atoms with Gasteiger partial charge in [0.1, 0.15) is 0 Å². The molecule has 2 aromatic rings. The Kier molecular flexibility index (Phi) is 3.33. The van der Waals surface area contributed by atoms with Gasteiger partial charge < -0.3 is 9.72 Å². The quantitative estimate of drug-likeness (QED) is 0.397. The van der Waals surface area contributed by atoms with Crippen LogP contribution < -0.4 is 0 Å². The summed E-state index contributed by atoms with van der Waals surface area (Å²) in [4.78, 5) is 24.4. The van der Waals surface area contributed by atoms with Gasteiger partial charge in [-0.25, -0.2) is 4.79 Å². The number of nitrogens with one attached hydrogen (secondary N) is 1. The standard InChI is InChI=1S/C13H12N2O4/c1-8-3-4-10-9(7-14-11(10)5-8)6-12(15(17)18)13(16)19-2/h3-7,14H,1-2H3. The largest absolute Gasteiger partial charge is 0.461 e. The van der Waals surface area contributed by atoms with Gasteiger partial charge in [0.15, 0.2) is 0 Å². The fourth-order valence-electron chi connectivity index (χ4n) is 1.82. The summed E-state index contributed by atoms with van der Waals surface area (Å²) >= 11 is 0. The number of H-pyrrole nitrogens is 1. The Morgan fingerprint density at radius 2 is 2.21 bits per heavy atom. The number of carbonyl (C=O) groups is 1. The number of nitro groups is 1. The first-order valence-electron chi connectivity index (χ1n) is 5.55. The van der Waals surface area contributed by atoms with Crippen LogP contribution in [0, 0.1) is 17.0 Å². The van der Waals surface area contributed by atoms with Gasteiger partial charge in [-0.1, -0.05) is 12.1 Å².